The lowest BCUT2D eigenvalue weighted by atomic mass is 9.84. The molecule has 1 N–H and O–H groups in total. The van der Waals surface area contributed by atoms with Crippen molar-refractivity contribution >= 4 is 16.7 Å². The van der Waals surface area contributed by atoms with Gasteiger partial charge < -0.3 is 5.32 Å². The zero-order valence-electron chi connectivity index (χ0n) is 15.9. The molecular weight excluding hydrogens is 322 g/mol. The summed E-state index contributed by atoms with van der Waals surface area (Å²) in [5.41, 5.74) is 2.30. The van der Waals surface area contributed by atoms with Gasteiger partial charge in [-0.15, -0.1) is 0 Å². The average Bonchev–Trinajstić information content (AvgIpc) is 3.15. The van der Waals surface area contributed by atoms with Gasteiger partial charge >= 0.3 is 0 Å². The van der Waals surface area contributed by atoms with Crippen molar-refractivity contribution in [1.82, 2.24) is 19.7 Å². The molecule has 3 aromatic rings. The van der Waals surface area contributed by atoms with Gasteiger partial charge in [0.2, 0.25) is 0 Å². The van der Waals surface area contributed by atoms with Crippen LogP contribution in [0.25, 0.3) is 16.9 Å². The molecule has 136 valence electrons. The molecule has 1 saturated carbocycles. The number of hydrogen-bond donors (Lipinski definition) is 1. The van der Waals surface area contributed by atoms with Crippen molar-refractivity contribution in [2.45, 2.75) is 64.3 Å². The van der Waals surface area contributed by atoms with E-state index in [-0.39, 0.29) is 5.54 Å². The summed E-state index contributed by atoms with van der Waals surface area (Å²) in [6, 6.07) is 8.57. The molecule has 1 aliphatic rings. The van der Waals surface area contributed by atoms with E-state index in [1.165, 1.54) is 37.7 Å². The standard InChI is InChI=1S/C21H27N5/c1-21(2,3)25-19-17-14-16(15-8-5-4-6-9-15)10-11-18(17)23-20(24-19)26-13-7-12-22-26/h7,10-15H,4-6,8-9H2,1-3H3,(H,23,24,25). The summed E-state index contributed by atoms with van der Waals surface area (Å²) >= 11 is 0. The number of rotatable bonds is 3. The molecule has 0 spiro atoms. The van der Waals surface area contributed by atoms with Crippen molar-refractivity contribution in [2.24, 2.45) is 0 Å². The maximum Gasteiger partial charge on any atom is 0.253 e. The molecule has 0 radical (unpaired) electrons. The van der Waals surface area contributed by atoms with Crippen LogP contribution in [-0.2, 0) is 0 Å². The first-order valence-corrected chi connectivity index (χ1v) is 9.59. The van der Waals surface area contributed by atoms with Crippen molar-refractivity contribution in [1.29, 1.82) is 0 Å². The Labute approximate surface area is 154 Å². The Kier molecular flexibility index (Phi) is 4.39. The third kappa shape index (κ3) is 3.57. The van der Waals surface area contributed by atoms with Crippen molar-refractivity contribution in [3.05, 3.63) is 42.2 Å². The Hall–Kier alpha value is -2.43. The molecule has 2 heterocycles. The molecule has 2 aromatic heterocycles. The Morgan fingerprint density at radius 1 is 1.08 bits per heavy atom. The summed E-state index contributed by atoms with van der Waals surface area (Å²) in [4.78, 5) is 9.54. The van der Waals surface area contributed by atoms with Gasteiger partial charge in [-0.25, -0.2) is 9.67 Å². The minimum absolute atomic E-state index is 0.0798. The molecule has 1 aliphatic carbocycles. The first-order valence-electron chi connectivity index (χ1n) is 9.59. The van der Waals surface area contributed by atoms with Crippen LogP contribution in [0.2, 0.25) is 0 Å². The fourth-order valence-corrected chi connectivity index (χ4v) is 3.76. The van der Waals surface area contributed by atoms with E-state index >= 15 is 0 Å². The zero-order chi connectivity index (χ0) is 18.1. The van der Waals surface area contributed by atoms with Gasteiger partial charge in [-0.05, 0) is 63.3 Å². The van der Waals surface area contributed by atoms with E-state index in [1.807, 2.05) is 12.3 Å². The quantitative estimate of drug-likeness (QED) is 0.717. The molecule has 0 unspecified atom stereocenters. The molecule has 1 aromatic carbocycles. The maximum absolute atomic E-state index is 4.79. The molecule has 0 aliphatic heterocycles. The minimum atomic E-state index is -0.0798. The Balaban J connectivity index is 1.82. The third-order valence-electron chi connectivity index (χ3n) is 4.99. The molecule has 5 nitrogen and oxygen atoms in total. The summed E-state index contributed by atoms with van der Waals surface area (Å²) in [6.45, 7) is 6.46. The summed E-state index contributed by atoms with van der Waals surface area (Å²) in [5, 5.41) is 8.95. The van der Waals surface area contributed by atoms with E-state index < -0.39 is 0 Å². The molecule has 5 heteroatoms. The molecule has 0 atom stereocenters. The van der Waals surface area contributed by atoms with Crippen LogP contribution in [0.15, 0.2) is 36.7 Å². The van der Waals surface area contributed by atoms with Gasteiger partial charge in [-0.2, -0.15) is 10.1 Å². The van der Waals surface area contributed by atoms with Gasteiger partial charge in [0.25, 0.3) is 5.95 Å². The van der Waals surface area contributed by atoms with Crippen LogP contribution in [0.5, 0.6) is 0 Å². The lowest BCUT2D eigenvalue weighted by molar-refractivity contribution is 0.444. The Morgan fingerprint density at radius 3 is 2.58 bits per heavy atom. The van der Waals surface area contributed by atoms with Crippen molar-refractivity contribution in [3.8, 4) is 5.95 Å². The van der Waals surface area contributed by atoms with E-state index in [2.05, 4.69) is 49.4 Å². The van der Waals surface area contributed by atoms with Gasteiger partial charge in [0.1, 0.15) is 5.82 Å². The number of nitrogens with one attached hydrogen (secondary N) is 1. The van der Waals surface area contributed by atoms with Crippen LogP contribution in [0, 0.1) is 0 Å². The van der Waals surface area contributed by atoms with Crippen molar-refractivity contribution < 1.29 is 0 Å². The highest BCUT2D eigenvalue weighted by atomic mass is 15.3. The highest BCUT2D eigenvalue weighted by Crippen LogP contribution is 2.35. The molecule has 0 bridgehead atoms. The summed E-state index contributed by atoms with van der Waals surface area (Å²) in [5.74, 6) is 2.15. The second kappa shape index (κ2) is 6.71. The lowest BCUT2D eigenvalue weighted by Gasteiger charge is -2.24. The number of nitrogens with zero attached hydrogens (tertiary/aromatic N) is 4. The van der Waals surface area contributed by atoms with Crippen LogP contribution in [-0.4, -0.2) is 25.3 Å². The Morgan fingerprint density at radius 2 is 1.88 bits per heavy atom. The number of fused-ring (bicyclic) bond motifs is 1. The third-order valence-corrected chi connectivity index (χ3v) is 4.99. The fraction of sp³-hybridized carbons (Fsp3) is 0.476. The van der Waals surface area contributed by atoms with Gasteiger partial charge in [-0.3, -0.25) is 0 Å². The van der Waals surface area contributed by atoms with Crippen molar-refractivity contribution in [3.63, 3.8) is 0 Å². The van der Waals surface area contributed by atoms with Gasteiger partial charge in [-0.1, -0.05) is 25.3 Å². The number of anilines is 1. The van der Waals surface area contributed by atoms with Crippen LogP contribution < -0.4 is 5.32 Å². The summed E-state index contributed by atoms with van der Waals surface area (Å²) in [7, 11) is 0. The SMILES string of the molecule is CC(C)(C)Nc1nc(-n2cccn2)nc2ccc(C3CCCCC3)cc12. The van der Waals surface area contributed by atoms with E-state index in [4.69, 9.17) is 9.97 Å². The van der Waals surface area contributed by atoms with Crippen LogP contribution in [0.1, 0.15) is 64.4 Å². The number of hydrogen-bond acceptors (Lipinski definition) is 4. The number of aromatic nitrogens is 4. The molecule has 0 amide bonds. The second-order valence-corrected chi connectivity index (χ2v) is 8.31. The first-order chi connectivity index (χ1) is 12.5. The highest BCUT2D eigenvalue weighted by molar-refractivity contribution is 5.90. The van der Waals surface area contributed by atoms with E-state index in [1.54, 1.807) is 10.9 Å². The first kappa shape index (κ1) is 17.0. The normalized spacial score (nSPS) is 16.1. The summed E-state index contributed by atoms with van der Waals surface area (Å²) < 4.78 is 1.71. The fourth-order valence-electron chi connectivity index (χ4n) is 3.76. The molecule has 26 heavy (non-hydrogen) atoms. The molecule has 0 saturated heterocycles. The molecule has 1 fully saturated rings. The summed E-state index contributed by atoms with van der Waals surface area (Å²) in [6.07, 6.45) is 10.3. The topological polar surface area (TPSA) is 55.6 Å². The largest absolute Gasteiger partial charge is 0.365 e. The highest BCUT2D eigenvalue weighted by Gasteiger charge is 2.19. The van der Waals surface area contributed by atoms with Gasteiger partial charge in [0.15, 0.2) is 0 Å². The zero-order valence-corrected chi connectivity index (χ0v) is 15.9. The molecule has 4 rings (SSSR count). The van der Waals surface area contributed by atoms with E-state index in [0.717, 1.165) is 16.7 Å². The second-order valence-electron chi connectivity index (χ2n) is 8.31. The van der Waals surface area contributed by atoms with Crippen LogP contribution in [0.3, 0.4) is 0 Å². The monoisotopic (exact) mass is 349 g/mol. The number of benzene rings is 1. The Bertz CT molecular complexity index is 887. The van der Waals surface area contributed by atoms with Gasteiger partial charge in [0, 0.05) is 23.3 Å². The van der Waals surface area contributed by atoms with Crippen molar-refractivity contribution in [2.75, 3.05) is 5.32 Å². The van der Waals surface area contributed by atoms with Gasteiger partial charge in [0.05, 0.1) is 5.52 Å². The molecular formula is C21H27N5. The van der Waals surface area contributed by atoms with Crippen LogP contribution >= 0.6 is 0 Å². The lowest BCUT2D eigenvalue weighted by Crippen LogP contribution is -2.27. The minimum Gasteiger partial charge on any atom is -0.365 e. The predicted octanol–water partition coefficient (Wildman–Crippen LogP) is 5.07. The average molecular weight is 349 g/mol. The smallest absolute Gasteiger partial charge is 0.253 e. The van der Waals surface area contributed by atoms with E-state index in [0.29, 0.717) is 11.9 Å². The maximum atomic E-state index is 4.79. The van der Waals surface area contributed by atoms with E-state index in [9.17, 15) is 0 Å². The van der Waals surface area contributed by atoms with Crippen LogP contribution in [0.4, 0.5) is 5.82 Å². The predicted molar refractivity (Wildman–Crippen MR) is 106 cm³/mol.